The predicted molar refractivity (Wildman–Crippen MR) is 98.6 cm³/mol. The summed E-state index contributed by atoms with van der Waals surface area (Å²) in [5.74, 6) is 0.00846. The normalized spacial score (nSPS) is 14.3. The molecule has 1 aromatic carbocycles. The van der Waals surface area contributed by atoms with Crippen LogP contribution in [0.5, 0.6) is 5.75 Å². The first-order valence-corrected chi connectivity index (χ1v) is 8.82. The first-order valence-electron chi connectivity index (χ1n) is 8.82. The molecule has 1 fully saturated rings. The number of amides is 1. The molecular weight excluding hydrogens is 332 g/mol. The van der Waals surface area contributed by atoms with E-state index in [9.17, 15) is 14.7 Å². The van der Waals surface area contributed by atoms with E-state index >= 15 is 0 Å². The van der Waals surface area contributed by atoms with E-state index in [1.165, 1.54) is 0 Å². The summed E-state index contributed by atoms with van der Waals surface area (Å²) in [5, 5.41) is 12.8. The van der Waals surface area contributed by atoms with Crippen molar-refractivity contribution in [3.63, 3.8) is 0 Å². The number of nitrogens with one attached hydrogen (secondary N) is 1. The standard InChI is InChI=1S/C20H24N2O4/c1-20(2,19(24)25)8-9-21-18(23)15-11-17(12-4-5-12)22-16-7-6-13(26-3)10-14(15)16/h6-7,10-12H,4-5,8-9H2,1-3H3,(H,21,23)(H,24,25). The first-order chi connectivity index (χ1) is 12.3. The summed E-state index contributed by atoms with van der Waals surface area (Å²) >= 11 is 0. The Morgan fingerprint density at radius 1 is 1.31 bits per heavy atom. The van der Waals surface area contributed by atoms with Crippen LogP contribution in [-0.4, -0.2) is 35.6 Å². The fraction of sp³-hybridized carbons (Fsp3) is 0.450. The van der Waals surface area contributed by atoms with Gasteiger partial charge in [-0.15, -0.1) is 0 Å². The number of ether oxygens (including phenoxy) is 1. The van der Waals surface area contributed by atoms with Gasteiger partial charge in [-0.1, -0.05) is 0 Å². The molecule has 0 atom stereocenters. The summed E-state index contributed by atoms with van der Waals surface area (Å²) in [6.45, 7) is 3.60. The van der Waals surface area contributed by atoms with Crippen molar-refractivity contribution in [3.8, 4) is 5.75 Å². The van der Waals surface area contributed by atoms with E-state index in [1.807, 2.05) is 24.3 Å². The van der Waals surface area contributed by atoms with Crippen LogP contribution in [-0.2, 0) is 4.79 Å². The van der Waals surface area contributed by atoms with E-state index in [1.54, 1.807) is 21.0 Å². The number of methoxy groups -OCH3 is 1. The Balaban J connectivity index is 1.86. The van der Waals surface area contributed by atoms with Crippen LogP contribution in [0.1, 0.15) is 55.1 Å². The lowest BCUT2D eigenvalue weighted by Gasteiger charge is -2.19. The zero-order chi connectivity index (χ0) is 18.9. The highest BCUT2D eigenvalue weighted by atomic mass is 16.5. The Morgan fingerprint density at radius 2 is 2.04 bits per heavy atom. The topological polar surface area (TPSA) is 88.5 Å². The second kappa shape index (κ2) is 6.94. The zero-order valence-electron chi connectivity index (χ0n) is 15.3. The molecule has 2 N–H and O–H groups in total. The van der Waals surface area contributed by atoms with Crippen LogP contribution in [0.25, 0.3) is 10.9 Å². The lowest BCUT2D eigenvalue weighted by atomic mass is 9.89. The Morgan fingerprint density at radius 3 is 2.65 bits per heavy atom. The van der Waals surface area contributed by atoms with Gasteiger partial charge in [-0.05, 0) is 57.4 Å². The van der Waals surface area contributed by atoms with Gasteiger partial charge >= 0.3 is 5.97 Å². The summed E-state index contributed by atoms with van der Waals surface area (Å²) in [4.78, 5) is 28.7. The highest BCUT2D eigenvalue weighted by Crippen LogP contribution is 2.40. The van der Waals surface area contributed by atoms with Crippen LogP contribution in [0.2, 0.25) is 0 Å². The quantitative estimate of drug-likeness (QED) is 0.794. The number of rotatable bonds is 7. The highest BCUT2D eigenvalue weighted by molar-refractivity contribution is 6.06. The van der Waals surface area contributed by atoms with Crippen molar-refractivity contribution in [1.29, 1.82) is 0 Å². The number of carboxylic acid groups (broad SMARTS) is 1. The van der Waals surface area contributed by atoms with Gasteiger partial charge in [0.2, 0.25) is 0 Å². The van der Waals surface area contributed by atoms with Gasteiger partial charge in [0.15, 0.2) is 0 Å². The van der Waals surface area contributed by atoms with E-state index in [4.69, 9.17) is 4.74 Å². The molecule has 6 nitrogen and oxygen atoms in total. The first kappa shape index (κ1) is 18.2. The molecule has 3 rings (SSSR count). The molecule has 1 heterocycles. The van der Waals surface area contributed by atoms with Crippen molar-refractivity contribution in [3.05, 3.63) is 35.5 Å². The fourth-order valence-electron chi connectivity index (χ4n) is 2.82. The number of aliphatic carboxylic acids is 1. The van der Waals surface area contributed by atoms with Gasteiger partial charge in [0.25, 0.3) is 5.91 Å². The van der Waals surface area contributed by atoms with Gasteiger partial charge in [-0.2, -0.15) is 0 Å². The molecule has 138 valence electrons. The van der Waals surface area contributed by atoms with Crippen molar-refractivity contribution < 1.29 is 19.4 Å². The molecule has 26 heavy (non-hydrogen) atoms. The van der Waals surface area contributed by atoms with Crippen LogP contribution in [0, 0.1) is 5.41 Å². The van der Waals surface area contributed by atoms with E-state index in [2.05, 4.69) is 10.3 Å². The maximum atomic E-state index is 12.8. The summed E-state index contributed by atoms with van der Waals surface area (Å²) in [5.41, 5.74) is 1.39. The molecule has 1 aliphatic rings. The van der Waals surface area contributed by atoms with E-state index in [0.29, 0.717) is 30.2 Å². The molecule has 0 spiro atoms. The van der Waals surface area contributed by atoms with Crippen LogP contribution < -0.4 is 10.1 Å². The number of nitrogens with zero attached hydrogens (tertiary/aromatic N) is 1. The Labute approximate surface area is 152 Å². The lowest BCUT2D eigenvalue weighted by Crippen LogP contribution is -2.32. The number of carbonyl (C=O) groups is 2. The smallest absolute Gasteiger partial charge is 0.309 e. The maximum Gasteiger partial charge on any atom is 0.309 e. The molecule has 6 heteroatoms. The van der Waals surface area contributed by atoms with Gasteiger partial charge in [0, 0.05) is 23.5 Å². The highest BCUT2D eigenvalue weighted by Gasteiger charge is 2.28. The van der Waals surface area contributed by atoms with Crippen molar-refractivity contribution in [2.75, 3.05) is 13.7 Å². The second-order valence-corrected chi connectivity index (χ2v) is 7.45. The number of fused-ring (bicyclic) bond motifs is 1. The summed E-state index contributed by atoms with van der Waals surface area (Å²) in [6, 6.07) is 7.37. The molecule has 1 saturated carbocycles. The molecule has 0 bridgehead atoms. The average Bonchev–Trinajstić information content (AvgIpc) is 3.45. The van der Waals surface area contributed by atoms with Gasteiger partial charge < -0.3 is 15.2 Å². The largest absolute Gasteiger partial charge is 0.497 e. The molecule has 0 radical (unpaired) electrons. The number of pyridine rings is 1. The Bertz CT molecular complexity index is 856. The third-order valence-corrected chi connectivity index (χ3v) is 4.89. The molecule has 0 aliphatic heterocycles. The Kier molecular flexibility index (Phi) is 4.85. The molecule has 2 aromatic rings. The van der Waals surface area contributed by atoms with E-state index < -0.39 is 11.4 Å². The summed E-state index contributed by atoms with van der Waals surface area (Å²) in [7, 11) is 1.58. The fourth-order valence-corrected chi connectivity index (χ4v) is 2.82. The van der Waals surface area contributed by atoms with Crippen LogP contribution >= 0.6 is 0 Å². The van der Waals surface area contributed by atoms with Crippen LogP contribution in [0.3, 0.4) is 0 Å². The minimum absolute atomic E-state index is 0.214. The van der Waals surface area contributed by atoms with Gasteiger partial charge in [-0.25, -0.2) is 0 Å². The van der Waals surface area contributed by atoms with Crippen molar-refractivity contribution >= 4 is 22.8 Å². The SMILES string of the molecule is COc1ccc2nc(C3CC3)cc(C(=O)NCCC(C)(C)C(=O)O)c2c1. The van der Waals surface area contributed by atoms with Gasteiger partial charge in [0.05, 0.1) is 23.6 Å². The van der Waals surface area contributed by atoms with Crippen molar-refractivity contribution in [2.24, 2.45) is 5.41 Å². The number of carboxylic acids is 1. The predicted octanol–water partition coefficient (Wildman–Crippen LogP) is 3.35. The molecular formula is C20H24N2O4. The molecule has 0 unspecified atom stereocenters. The summed E-state index contributed by atoms with van der Waals surface area (Å²) < 4.78 is 5.27. The minimum Gasteiger partial charge on any atom is -0.497 e. The van der Waals surface area contributed by atoms with Gasteiger partial charge in [-0.3, -0.25) is 14.6 Å². The third-order valence-electron chi connectivity index (χ3n) is 4.89. The number of hydrogen-bond acceptors (Lipinski definition) is 4. The molecule has 1 amide bonds. The van der Waals surface area contributed by atoms with E-state index in [-0.39, 0.29) is 5.91 Å². The van der Waals surface area contributed by atoms with Crippen molar-refractivity contribution in [1.82, 2.24) is 10.3 Å². The average molecular weight is 356 g/mol. The van der Waals surface area contributed by atoms with Crippen molar-refractivity contribution in [2.45, 2.75) is 39.0 Å². The Hall–Kier alpha value is -2.63. The molecule has 1 aromatic heterocycles. The van der Waals surface area contributed by atoms with Gasteiger partial charge in [0.1, 0.15) is 5.75 Å². The second-order valence-electron chi connectivity index (χ2n) is 7.45. The lowest BCUT2D eigenvalue weighted by molar-refractivity contribution is -0.147. The third kappa shape index (κ3) is 3.79. The molecule has 1 aliphatic carbocycles. The summed E-state index contributed by atoms with van der Waals surface area (Å²) in [6.07, 6.45) is 2.56. The molecule has 0 saturated heterocycles. The zero-order valence-corrected chi connectivity index (χ0v) is 15.3. The number of carbonyl (C=O) groups excluding carboxylic acids is 1. The van der Waals surface area contributed by atoms with Crippen LogP contribution in [0.15, 0.2) is 24.3 Å². The van der Waals surface area contributed by atoms with Crippen LogP contribution in [0.4, 0.5) is 0 Å². The number of hydrogen-bond donors (Lipinski definition) is 2. The maximum absolute atomic E-state index is 12.8. The number of aromatic nitrogens is 1. The number of benzene rings is 1. The minimum atomic E-state index is -0.879. The van der Waals surface area contributed by atoms with E-state index in [0.717, 1.165) is 29.4 Å². The monoisotopic (exact) mass is 356 g/mol.